The van der Waals surface area contributed by atoms with Crippen molar-refractivity contribution in [2.24, 2.45) is 0 Å². The maximum atomic E-state index is 5.23. The smallest absolute Gasteiger partial charge is 0.118 e. The van der Waals surface area contributed by atoms with Gasteiger partial charge in [0.25, 0.3) is 0 Å². The van der Waals surface area contributed by atoms with Gasteiger partial charge in [0.2, 0.25) is 0 Å². The summed E-state index contributed by atoms with van der Waals surface area (Å²) < 4.78 is 6.27. The highest BCUT2D eigenvalue weighted by Gasteiger charge is 2.26. The number of halogens is 1. The van der Waals surface area contributed by atoms with Crippen molar-refractivity contribution in [2.75, 3.05) is 20.7 Å². The summed E-state index contributed by atoms with van der Waals surface area (Å²) in [6, 6.07) is 10.5. The molecule has 1 aliphatic heterocycles. The lowest BCUT2D eigenvalue weighted by atomic mass is 9.89. The summed E-state index contributed by atoms with van der Waals surface area (Å²) in [5.74, 6) is 1.21. The number of ether oxygens (including phenoxy) is 1. The molecule has 3 nitrogen and oxygen atoms in total. The molecule has 0 saturated carbocycles. The number of pyridine rings is 1. The number of likely N-dealkylation sites (N-methyl/N-ethyl adjacent to an activating group) is 1. The Balaban J connectivity index is 2.01. The van der Waals surface area contributed by atoms with Crippen LogP contribution in [0.3, 0.4) is 0 Å². The third-order valence-corrected chi connectivity index (χ3v) is 4.18. The van der Waals surface area contributed by atoms with Crippen molar-refractivity contribution < 1.29 is 4.74 Å². The van der Waals surface area contributed by atoms with E-state index in [0.29, 0.717) is 5.92 Å². The molecule has 0 saturated heterocycles. The van der Waals surface area contributed by atoms with E-state index >= 15 is 0 Å². The summed E-state index contributed by atoms with van der Waals surface area (Å²) in [4.78, 5) is 6.99. The maximum absolute atomic E-state index is 5.23. The van der Waals surface area contributed by atoms with E-state index < -0.39 is 0 Å². The Kier molecular flexibility index (Phi) is 3.76. The predicted molar refractivity (Wildman–Crippen MR) is 83.1 cm³/mol. The Hall–Kier alpha value is -1.39. The second-order valence-electron chi connectivity index (χ2n) is 5.22. The van der Waals surface area contributed by atoms with Crippen molar-refractivity contribution in [1.82, 2.24) is 9.88 Å². The van der Waals surface area contributed by atoms with Gasteiger partial charge in [0.15, 0.2) is 0 Å². The van der Waals surface area contributed by atoms with E-state index in [4.69, 9.17) is 4.74 Å². The SMILES string of the molecule is COc1ccc(C2CN(C)Cc3cc(Br)cnc32)cc1. The Labute approximate surface area is 127 Å². The third kappa shape index (κ3) is 2.58. The highest BCUT2D eigenvalue weighted by atomic mass is 79.9. The highest BCUT2D eigenvalue weighted by Crippen LogP contribution is 2.33. The number of hydrogen-bond donors (Lipinski definition) is 0. The Morgan fingerprint density at radius 1 is 1.30 bits per heavy atom. The van der Waals surface area contributed by atoms with E-state index in [9.17, 15) is 0 Å². The van der Waals surface area contributed by atoms with Gasteiger partial charge in [0, 0.05) is 29.7 Å². The van der Waals surface area contributed by atoms with Crippen LogP contribution in [0.5, 0.6) is 5.75 Å². The molecule has 1 aliphatic rings. The molecule has 104 valence electrons. The van der Waals surface area contributed by atoms with Gasteiger partial charge in [-0.05, 0) is 52.3 Å². The zero-order valence-electron chi connectivity index (χ0n) is 11.6. The third-order valence-electron chi connectivity index (χ3n) is 3.75. The lowest BCUT2D eigenvalue weighted by Crippen LogP contribution is -2.31. The molecule has 0 N–H and O–H groups in total. The molecule has 1 aromatic carbocycles. The average Bonchev–Trinajstić information content (AvgIpc) is 2.46. The number of methoxy groups -OCH3 is 1. The van der Waals surface area contributed by atoms with Crippen LogP contribution < -0.4 is 4.74 Å². The minimum atomic E-state index is 0.322. The molecule has 0 bridgehead atoms. The predicted octanol–water partition coefficient (Wildman–Crippen LogP) is 3.43. The fourth-order valence-electron chi connectivity index (χ4n) is 2.79. The minimum Gasteiger partial charge on any atom is -0.497 e. The molecule has 3 rings (SSSR count). The van der Waals surface area contributed by atoms with Gasteiger partial charge in [-0.1, -0.05) is 12.1 Å². The fraction of sp³-hybridized carbons (Fsp3) is 0.312. The standard InChI is InChI=1S/C16H17BrN2O/c1-19-9-12-7-13(17)8-18-16(12)15(10-19)11-3-5-14(20-2)6-4-11/h3-8,15H,9-10H2,1-2H3. The van der Waals surface area contributed by atoms with Crippen molar-refractivity contribution in [3.8, 4) is 5.75 Å². The van der Waals surface area contributed by atoms with E-state index in [1.807, 2.05) is 18.3 Å². The number of benzene rings is 1. The monoisotopic (exact) mass is 332 g/mol. The summed E-state index contributed by atoms with van der Waals surface area (Å²) in [5, 5.41) is 0. The summed E-state index contributed by atoms with van der Waals surface area (Å²) in [5.41, 5.74) is 3.78. The maximum Gasteiger partial charge on any atom is 0.118 e. The fourth-order valence-corrected chi connectivity index (χ4v) is 3.16. The van der Waals surface area contributed by atoms with E-state index in [1.165, 1.54) is 16.8 Å². The highest BCUT2D eigenvalue weighted by molar-refractivity contribution is 9.10. The summed E-state index contributed by atoms with van der Waals surface area (Å²) >= 11 is 3.51. The first-order valence-corrected chi connectivity index (χ1v) is 7.43. The first-order chi connectivity index (χ1) is 9.67. The van der Waals surface area contributed by atoms with Crippen LogP contribution in [0, 0.1) is 0 Å². The second-order valence-corrected chi connectivity index (χ2v) is 6.14. The topological polar surface area (TPSA) is 25.4 Å². The molecule has 2 aromatic rings. The number of hydrogen-bond acceptors (Lipinski definition) is 3. The minimum absolute atomic E-state index is 0.322. The van der Waals surface area contributed by atoms with Gasteiger partial charge < -0.3 is 9.64 Å². The first-order valence-electron chi connectivity index (χ1n) is 6.64. The van der Waals surface area contributed by atoms with Crippen molar-refractivity contribution in [1.29, 1.82) is 0 Å². The first kappa shape index (κ1) is 13.6. The van der Waals surface area contributed by atoms with Crippen molar-refractivity contribution in [3.63, 3.8) is 0 Å². The average molecular weight is 333 g/mol. The van der Waals surface area contributed by atoms with E-state index in [1.54, 1.807) is 7.11 Å². The number of aromatic nitrogens is 1. The molecule has 1 aromatic heterocycles. The second kappa shape index (κ2) is 5.54. The zero-order chi connectivity index (χ0) is 14.1. The molecule has 0 spiro atoms. The molecule has 4 heteroatoms. The lowest BCUT2D eigenvalue weighted by Gasteiger charge is -2.31. The van der Waals surface area contributed by atoms with E-state index in [2.05, 4.69) is 51.1 Å². The van der Waals surface area contributed by atoms with Crippen LogP contribution in [0.2, 0.25) is 0 Å². The van der Waals surface area contributed by atoms with Crippen LogP contribution in [-0.4, -0.2) is 30.6 Å². The number of fused-ring (bicyclic) bond motifs is 1. The molecule has 0 fully saturated rings. The number of nitrogens with zero attached hydrogens (tertiary/aromatic N) is 2. The summed E-state index contributed by atoms with van der Waals surface area (Å²) in [6.07, 6.45) is 1.89. The quantitative estimate of drug-likeness (QED) is 0.842. The lowest BCUT2D eigenvalue weighted by molar-refractivity contribution is 0.291. The van der Waals surface area contributed by atoms with Crippen LogP contribution in [0.15, 0.2) is 41.0 Å². The summed E-state index contributed by atoms with van der Waals surface area (Å²) in [6.45, 7) is 1.95. The molecular weight excluding hydrogens is 316 g/mol. The molecule has 1 unspecified atom stereocenters. The van der Waals surface area contributed by atoms with Gasteiger partial charge in [0.05, 0.1) is 12.8 Å². The van der Waals surface area contributed by atoms with Crippen LogP contribution in [-0.2, 0) is 6.54 Å². The number of rotatable bonds is 2. The Bertz CT molecular complexity index is 612. The van der Waals surface area contributed by atoms with Gasteiger partial charge in [-0.25, -0.2) is 0 Å². The molecule has 20 heavy (non-hydrogen) atoms. The van der Waals surface area contributed by atoms with Crippen LogP contribution >= 0.6 is 15.9 Å². The van der Waals surface area contributed by atoms with Crippen molar-refractivity contribution in [2.45, 2.75) is 12.5 Å². The zero-order valence-corrected chi connectivity index (χ0v) is 13.2. The van der Waals surface area contributed by atoms with Gasteiger partial charge in [-0.15, -0.1) is 0 Å². The molecule has 0 radical (unpaired) electrons. The van der Waals surface area contributed by atoms with Crippen LogP contribution in [0.25, 0.3) is 0 Å². The van der Waals surface area contributed by atoms with Gasteiger partial charge >= 0.3 is 0 Å². The summed E-state index contributed by atoms with van der Waals surface area (Å²) in [7, 11) is 3.85. The molecular formula is C16H17BrN2O. The van der Waals surface area contributed by atoms with Crippen LogP contribution in [0.1, 0.15) is 22.7 Å². The van der Waals surface area contributed by atoms with Gasteiger partial charge in [0.1, 0.15) is 5.75 Å². The molecule has 0 amide bonds. The largest absolute Gasteiger partial charge is 0.497 e. The molecule has 0 aliphatic carbocycles. The van der Waals surface area contributed by atoms with Crippen molar-refractivity contribution in [3.05, 3.63) is 57.8 Å². The van der Waals surface area contributed by atoms with E-state index in [0.717, 1.165) is 23.3 Å². The normalized spacial score (nSPS) is 18.6. The molecule has 2 heterocycles. The van der Waals surface area contributed by atoms with Gasteiger partial charge in [-0.3, -0.25) is 4.98 Å². The van der Waals surface area contributed by atoms with Gasteiger partial charge in [-0.2, -0.15) is 0 Å². The Morgan fingerprint density at radius 2 is 2.05 bits per heavy atom. The van der Waals surface area contributed by atoms with Crippen LogP contribution in [0.4, 0.5) is 0 Å². The molecule has 1 atom stereocenters. The van der Waals surface area contributed by atoms with E-state index in [-0.39, 0.29) is 0 Å². The Morgan fingerprint density at radius 3 is 2.75 bits per heavy atom. The van der Waals surface area contributed by atoms with Crippen molar-refractivity contribution >= 4 is 15.9 Å².